The number of amides is 1. The van der Waals surface area contributed by atoms with E-state index in [-0.39, 0.29) is 11.7 Å². The Balaban J connectivity index is 2.22. The normalized spacial score (nSPS) is 10.4. The molecule has 0 radical (unpaired) electrons. The first-order chi connectivity index (χ1) is 8.47. The van der Waals surface area contributed by atoms with Crippen molar-refractivity contribution < 1.29 is 9.90 Å². The van der Waals surface area contributed by atoms with Gasteiger partial charge >= 0.3 is 0 Å². The average molecular weight is 245 g/mol. The van der Waals surface area contributed by atoms with Crippen LogP contribution in [0.25, 0.3) is 0 Å². The first-order valence-corrected chi connectivity index (χ1v) is 5.59. The summed E-state index contributed by atoms with van der Waals surface area (Å²) in [5, 5.41) is 16.5. The highest BCUT2D eigenvalue weighted by Gasteiger charge is 2.10. The molecule has 0 fully saturated rings. The van der Waals surface area contributed by atoms with Crippen molar-refractivity contribution in [1.82, 2.24) is 9.78 Å². The number of nitrogens with zero attached hydrogens (tertiary/aromatic N) is 2. The van der Waals surface area contributed by atoms with E-state index in [0.717, 1.165) is 11.3 Å². The van der Waals surface area contributed by atoms with Crippen LogP contribution in [0.3, 0.4) is 0 Å². The molecule has 2 aromatic rings. The van der Waals surface area contributed by atoms with Gasteiger partial charge in [0.1, 0.15) is 11.6 Å². The molecule has 1 heterocycles. The highest BCUT2D eigenvalue weighted by Crippen LogP contribution is 2.18. The number of aryl methyl sites for hydroxylation is 3. The maximum absolute atomic E-state index is 12.0. The zero-order chi connectivity index (χ0) is 13.3. The van der Waals surface area contributed by atoms with E-state index in [2.05, 4.69) is 10.4 Å². The number of phenols is 1. The van der Waals surface area contributed by atoms with Crippen LogP contribution in [0.15, 0.2) is 24.3 Å². The molecule has 2 N–H and O–H groups in total. The molecule has 94 valence electrons. The molecule has 1 aromatic heterocycles. The molecule has 0 spiro atoms. The van der Waals surface area contributed by atoms with Gasteiger partial charge in [0.05, 0.1) is 5.69 Å². The maximum Gasteiger partial charge on any atom is 0.256 e. The van der Waals surface area contributed by atoms with Gasteiger partial charge in [-0.05, 0) is 31.5 Å². The SMILES string of the molecule is Cc1cc(NC(=O)c2ccc(C)c(O)c2)n(C)n1. The third-order valence-electron chi connectivity index (χ3n) is 2.71. The van der Waals surface area contributed by atoms with Crippen LogP contribution >= 0.6 is 0 Å². The van der Waals surface area contributed by atoms with Crippen LogP contribution in [0.2, 0.25) is 0 Å². The molecule has 0 aliphatic heterocycles. The quantitative estimate of drug-likeness (QED) is 0.850. The minimum Gasteiger partial charge on any atom is -0.508 e. The fraction of sp³-hybridized carbons (Fsp3) is 0.231. The fourth-order valence-corrected chi connectivity index (χ4v) is 1.67. The number of carbonyl (C=O) groups is 1. The number of aromatic hydroxyl groups is 1. The Morgan fingerprint density at radius 1 is 1.33 bits per heavy atom. The summed E-state index contributed by atoms with van der Waals surface area (Å²) in [6.45, 7) is 3.63. The predicted molar refractivity (Wildman–Crippen MR) is 68.7 cm³/mol. The van der Waals surface area contributed by atoms with E-state index in [9.17, 15) is 9.90 Å². The van der Waals surface area contributed by atoms with Crippen molar-refractivity contribution in [2.75, 3.05) is 5.32 Å². The van der Waals surface area contributed by atoms with Crippen LogP contribution in [0, 0.1) is 13.8 Å². The number of phenolic OH excluding ortho intramolecular Hbond substituents is 1. The van der Waals surface area contributed by atoms with Crippen molar-refractivity contribution in [3.05, 3.63) is 41.1 Å². The second-order valence-corrected chi connectivity index (χ2v) is 4.25. The number of nitrogens with one attached hydrogen (secondary N) is 1. The van der Waals surface area contributed by atoms with E-state index < -0.39 is 0 Å². The molecule has 1 amide bonds. The monoisotopic (exact) mass is 245 g/mol. The molecule has 2 rings (SSSR count). The van der Waals surface area contributed by atoms with Crippen LogP contribution in [-0.4, -0.2) is 20.8 Å². The van der Waals surface area contributed by atoms with E-state index in [0.29, 0.717) is 11.4 Å². The molecule has 5 nitrogen and oxygen atoms in total. The second-order valence-electron chi connectivity index (χ2n) is 4.25. The van der Waals surface area contributed by atoms with Crippen molar-refractivity contribution >= 4 is 11.7 Å². The number of anilines is 1. The van der Waals surface area contributed by atoms with Gasteiger partial charge in [-0.15, -0.1) is 0 Å². The first kappa shape index (κ1) is 12.2. The summed E-state index contributed by atoms with van der Waals surface area (Å²) < 4.78 is 1.60. The third kappa shape index (κ3) is 2.34. The Hall–Kier alpha value is -2.30. The Labute approximate surface area is 105 Å². The molecule has 0 unspecified atom stereocenters. The number of carbonyl (C=O) groups excluding carboxylic acids is 1. The van der Waals surface area contributed by atoms with Gasteiger partial charge in [-0.1, -0.05) is 6.07 Å². The van der Waals surface area contributed by atoms with Gasteiger partial charge in [0.25, 0.3) is 5.91 Å². The molecule has 0 aliphatic rings. The molecular weight excluding hydrogens is 230 g/mol. The molecule has 0 saturated heterocycles. The largest absolute Gasteiger partial charge is 0.508 e. The van der Waals surface area contributed by atoms with Crippen LogP contribution < -0.4 is 5.32 Å². The lowest BCUT2D eigenvalue weighted by atomic mass is 10.1. The number of hydrogen-bond donors (Lipinski definition) is 2. The molecule has 0 aliphatic carbocycles. The summed E-state index contributed by atoms with van der Waals surface area (Å²) in [4.78, 5) is 12.0. The van der Waals surface area contributed by atoms with Crippen LogP contribution in [0.4, 0.5) is 5.82 Å². The topological polar surface area (TPSA) is 67.2 Å². The second kappa shape index (κ2) is 4.52. The van der Waals surface area contributed by atoms with Gasteiger partial charge in [-0.2, -0.15) is 5.10 Å². The molecule has 0 atom stereocenters. The smallest absolute Gasteiger partial charge is 0.256 e. The molecule has 0 saturated carbocycles. The highest BCUT2D eigenvalue weighted by molar-refractivity contribution is 6.04. The Morgan fingerprint density at radius 2 is 2.06 bits per heavy atom. The molecular formula is C13H15N3O2. The zero-order valence-electron chi connectivity index (χ0n) is 10.6. The maximum atomic E-state index is 12.0. The van der Waals surface area contributed by atoms with E-state index in [1.54, 1.807) is 36.9 Å². The van der Waals surface area contributed by atoms with E-state index >= 15 is 0 Å². The van der Waals surface area contributed by atoms with E-state index in [1.807, 2.05) is 6.92 Å². The third-order valence-corrected chi connectivity index (χ3v) is 2.71. The number of aromatic nitrogens is 2. The number of hydrogen-bond acceptors (Lipinski definition) is 3. The Bertz CT molecular complexity index is 602. The highest BCUT2D eigenvalue weighted by atomic mass is 16.3. The van der Waals surface area contributed by atoms with Gasteiger partial charge in [0, 0.05) is 18.7 Å². The summed E-state index contributed by atoms with van der Waals surface area (Å²) in [5.41, 5.74) is 1.99. The molecule has 5 heteroatoms. The lowest BCUT2D eigenvalue weighted by molar-refractivity contribution is 0.102. The molecule has 0 bridgehead atoms. The van der Waals surface area contributed by atoms with E-state index in [4.69, 9.17) is 0 Å². The zero-order valence-corrected chi connectivity index (χ0v) is 10.6. The van der Waals surface area contributed by atoms with Crippen molar-refractivity contribution in [1.29, 1.82) is 0 Å². The van der Waals surface area contributed by atoms with Crippen molar-refractivity contribution in [2.45, 2.75) is 13.8 Å². The van der Waals surface area contributed by atoms with Crippen molar-refractivity contribution in [3.63, 3.8) is 0 Å². The number of rotatable bonds is 2. The van der Waals surface area contributed by atoms with Gasteiger partial charge < -0.3 is 10.4 Å². The van der Waals surface area contributed by atoms with Crippen molar-refractivity contribution in [3.8, 4) is 5.75 Å². The summed E-state index contributed by atoms with van der Waals surface area (Å²) in [7, 11) is 1.76. The molecule has 18 heavy (non-hydrogen) atoms. The summed E-state index contributed by atoms with van der Waals surface area (Å²) in [6, 6.07) is 6.62. The summed E-state index contributed by atoms with van der Waals surface area (Å²) in [5.74, 6) is 0.467. The fourth-order valence-electron chi connectivity index (χ4n) is 1.67. The van der Waals surface area contributed by atoms with Crippen LogP contribution in [0.5, 0.6) is 5.75 Å². The molecule has 1 aromatic carbocycles. The Morgan fingerprint density at radius 3 is 2.61 bits per heavy atom. The van der Waals surface area contributed by atoms with Gasteiger partial charge in [0.2, 0.25) is 0 Å². The van der Waals surface area contributed by atoms with Crippen molar-refractivity contribution in [2.24, 2.45) is 7.05 Å². The van der Waals surface area contributed by atoms with Gasteiger partial charge in [-0.25, -0.2) is 0 Å². The minimum atomic E-state index is -0.270. The average Bonchev–Trinajstić information content (AvgIpc) is 2.61. The predicted octanol–water partition coefficient (Wildman–Crippen LogP) is 1.99. The van der Waals surface area contributed by atoms with Gasteiger partial charge in [0.15, 0.2) is 0 Å². The van der Waals surface area contributed by atoms with Crippen LogP contribution in [-0.2, 0) is 7.05 Å². The van der Waals surface area contributed by atoms with E-state index in [1.165, 1.54) is 6.07 Å². The lowest BCUT2D eigenvalue weighted by Gasteiger charge is -2.06. The minimum absolute atomic E-state index is 0.115. The summed E-state index contributed by atoms with van der Waals surface area (Å²) >= 11 is 0. The summed E-state index contributed by atoms with van der Waals surface area (Å²) in [6.07, 6.45) is 0. The lowest BCUT2D eigenvalue weighted by Crippen LogP contribution is -2.14. The first-order valence-electron chi connectivity index (χ1n) is 5.59. The van der Waals surface area contributed by atoms with Crippen LogP contribution in [0.1, 0.15) is 21.6 Å². The Kier molecular flexibility index (Phi) is 3.06. The van der Waals surface area contributed by atoms with Gasteiger partial charge in [-0.3, -0.25) is 9.48 Å². The number of benzene rings is 1. The standard InChI is InChI=1S/C13H15N3O2/c1-8-4-5-10(7-11(8)17)13(18)14-12-6-9(2)15-16(12)3/h4-7,17H,1-3H3,(H,14,18).